The lowest BCUT2D eigenvalue weighted by atomic mass is 9.84. The summed E-state index contributed by atoms with van der Waals surface area (Å²) in [4.78, 5) is 20.4. The highest BCUT2D eigenvalue weighted by Gasteiger charge is 2.43. The van der Waals surface area contributed by atoms with E-state index in [1.165, 1.54) is 0 Å². The summed E-state index contributed by atoms with van der Waals surface area (Å²) in [5.74, 6) is -1.55. The third-order valence-electron chi connectivity index (χ3n) is 3.27. The van der Waals surface area contributed by atoms with Crippen molar-refractivity contribution in [2.75, 3.05) is 0 Å². The van der Waals surface area contributed by atoms with Gasteiger partial charge in [-0.2, -0.15) is 0 Å². The van der Waals surface area contributed by atoms with Gasteiger partial charge in [0.15, 0.2) is 14.1 Å². The molecule has 0 saturated carbocycles. The van der Waals surface area contributed by atoms with Gasteiger partial charge in [0.2, 0.25) is 0 Å². The predicted molar refractivity (Wildman–Crippen MR) is 94.0 cm³/mol. The van der Waals surface area contributed by atoms with E-state index in [0.717, 1.165) is 0 Å². The van der Waals surface area contributed by atoms with Crippen LogP contribution in [0, 0.1) is 5.41 Å². The van der Waals surface area contributed by atoms with Gasteiger partial charge < -0.3 is 19.1 Å². The van der Waals surface area contributed by atoms with Crippen molar-refractivity contribution in [1.82, 2.24) is 0 Å². The van der Waals surface area contributed by atoms with Crippen LogP contribution < -0.4 is 0 Å². The fraction of sp³-hybridized carbons (Fsp3) is 0.625. The maximum Gasteiger partial charge on any atom is 0.331 e. The molecule has 6 heteroatoms. The Hall–Kier alpha value is -0.506. The van der Waals surface area contributed by atoms with Crippen LogP contribution in [0.15, 0.2) is 30.3 Å². The molecule has 0 saturated heterocycles. The third-order valence-corrected chi connectivity index (χ3v) is 5.93. The summed E-state index contributed by atoms with van der Waals surface area (Å²) in [7, 11) is -5.20. The summed E-state index contributed by atoms with van der Waals surface area (Å²) in [6.07, 6.45) is 0.317. The second kappa shape index (κ2) is 6.55. The monoisotopic (exact) mass is 342 g/mol. The van der Waals surface area contributed by atoms with Crippen molar-refractivity contribution in [2.45, 2.75) is 58.3 Å². The van der Waals surface area contributed by atoms with E-state index in [1.807, 2.05) is 45.1 Å². The van der Waals surface area contributed by atoms with Gasteiger partial charge in [-0.15, -0.1) is 0 Å². The third kappa shape index (κ3) is 6.72. The molecule has 0 aliphatic carbocycles. The Morgan fingerprint density at radius 3 is 1.91 bits per heavy atom. The molecule has 0 fully saturated rings. The molecule has 1 unspecified atom stereocenters. The Morgan fingerprint density at radius 2 is 1.50 bits per heavy atom. The molecule has 0 aromatic heterocycles. The standard InChI is InChI=1S/C16H30O4Si2/c1-15(2,13-21(3,4)18)12-16(17,20-22(5,6)19)14-10-8-7-9-11-14/h7-11,17-19H,12-13H2,1-6H3. The lowest BCUT2D eigenvalue weighted by molar-refractivity contribution is -0.182. The molecular formula is C16H30O4Si2. The first kappa shape index (κ1) is 19.5. The summed E-state index contributed by atoms with van der Waals surface area (Å²) in [5, 5.41) is 11.1. The summed E-state index contributed by atoms with van der Waals surface area (Å²) in [6, 6.07) is 9.81. The zero-order valence-electron chi connectivity index (χ0n) is 14.6. The van der Waals surface area contributed by atoms with E-state index in [4.69, 9.17) is 4.43 Å². The van der Waals surface area contributed by atoms with Crippen molar-refractivity contribution >= 4 is 16.9 Å². The van der Waals surface area contributed by atoms with Gasteiger partial charge >= 0.3 is 8.56 Å². The zero-order chi connectivity index (χ0) is 17.2. The van der Waals surface area contributed by atoms with E-state index >= 15 is 0 Å². The largest absolute Gasteiger partial charge is 0.432 e. The van der Waals surface area contributed by atoms with Gasteiger partial charge in [0.25, 0.3) is 0 Å². The molecule has 0 aliphatic rings. The van der Waals surface area contributed by atoms with Crippen molar-refractivity contribution in [1.29, 1.82) is 0 Å². The summed E-state index contributed by atoms with van der Waals surface area (Å²) in [6.45, 7) is 11.1. The number of hydrogen-bond donors (Lipinski definition) is 3. The average molecular weight is 343 g/mol. The first-order valence-electron chi connectivity index (χ1n) is 7.65. The number of benzene rings is 1. The van der Waals surface area contributed by atoms with Crippen LogP contribution in [-0.2, 0) is 10.2 Å². The number of hydrogen-bond acceptors (Lipinski definition) is 4. The van der Waals surface area contributed by atoms with Crippen LogP contribution in [0.5, 0.6) is 0 Å². The minimum absolute atomic E-state index is 0.311. The number of aliphatic hydroxyl groups is 1. The molecule has 0 radical (unpaired) electrons. The van der Waals surface area contributed by atoms with Crippen LogP contribution in [0.1, 0.15) is 25.8 Å². The Labute approximate surface area is 136 Å². The van der Waals surface area contributed by atoms with Gasteiger partial charge in [-0.3, -0.25) is 0 Å². The second-order valence-electron chi connectivity index (χ2n) is 8.03. The predicted octanol–water partition coefficient (Wildman–Crippen LogP) is 3.16. The lowest BCUT2D eigenvalue weighted by Gasteiger charge is -2.40. The van der Waals surface area contributed by atoms with Crippen LogP contribution >= 0.6 is 0 Å². The Balaban J connectivity index is 3.12. The first-order valence-corrected chi connectivity index (χ1v) is 13.7. The van der Waals surface area contributed by atoms with Crippen molar-refractivity contribution in [3.63, 3.8) is 0 Å². The lowest BCUT2D eigenvalue weighted by Crippen LogP contribution is -2.46. The van der Waals surface area contributed by atoms with E-state index < -0.39 is 22.7 Å². The quantitative estimate of drug-likeness (QED) is 0.526. The van der Waals surface area contributed by atoms with E-state index in [9.17, 15) is 14.7 Å². The van der Waals surface area contributed by atoms with Crippen molar-refractivity contribution in [3.05, 3.63) is 35.9 Å². The van der Waals surface area contributed by atoms with Gasteiger partial charge in [0.1, 0.15) is 0 Å². The minimum atomic E-state index is -2.93. The van der Waals surface area contributed by atoms with E-state index in [-0.39, 0.29) is 5.41 Å². The second-order valence-corrected chi connectivity index (χ2v) is 15.1. The SMILES string of the molecule is CC(C)(CC(O)(O[Si](C)(C)O)c1ccccc1)C[Si](C)(C)O. The van der Waals surface area contributed by atoms with Crippen LogP contribution in [-0.4, -0.2) is 31.6 Å². The molecule has 1 rings (SSSR count). The highest BCUT2D eigenvalue weighted by Crippen LogP contribution is 2.41. The maximum absolute atomic E-state index is 11.1. The first-order chi connectivity index (χ1) is 9.73. The maximum atomic E-state index is 11.1. The Bertz CT molecular complexity index is 477. The van der Waals surface area contributed by atoms with Gasteiger partial charge in [-0.05, 0) is 37.6 Å². The highest BCUT2D eigenvalue weighted by atomic mass is 28.4. The normalized spacial score (nSPS) is 16.4. The van der Waals surface area contributed by atoms with Gasteiger partial charge in [0.05, 0.1) is 0 Å². The van der Waals surface area contributed by atoms with Gasteiger partial charge in [-0.1, -0.05) is 44.2 Å². The molecule has 1 aromatic rings. The summed E-state index contributed by atoms with van der Waals surface area (Å²) >= 11 is 0. The molecule has 0 heterocycles. The topological polar surface area (TPSA) is 69.9 Å². The molecule has 0 spiro atoms. The molecule has 126 valence electrons. The highest BCUT2D eigenvalue weighted by molar-refractivity contribution is 6.69. The van der Waals surface area contributed by atoms with Crippen molar-refractivity contribution in [2.24, 2.45) is 5.41 Å². The molecule has 1 atom stereocenters. The summed E-state index contributed by atoms with van der Waals surface area (Å²) < 4.78 is 5.75. The van der Waals surface area contributed by atoms with E-state index in [0.29, 0.717) is 18.0 Å². The van der Waals surface area contributed by atoms with Crippen LogP contribution in [0.2, 0.25) is 32.2 Å². The minimum Gasteiger partial charge on any atom is -0.432 e. The van der Waals surface area contributed by atoms with Gasteiger partial charge in [0, 0.05) is 12.0 Å². The van der Waals surface area contributed by atoms with E-state index in [1.54, 1.807) is 25.2 Å². The molecule has 3 N–H and O–H groups in total. The van der Waals surface area contributed by atoms with Gasteiger partial charge in [-0.25, -0.2) is 0 Å². The molecule has 1 aromatic carbocycles. The van der Waals surface area contributed by atoms with Crippen LogP contribution in [0.3, 0.4) is 0 Å². The van der Waals surface area contributed by atoms with Crippen molar-refractivity contribution < 1.29 is 19.1 Å². The Morgan fingerprint density at radius 1 is 1.00 bits per heavy atom. The molecular weight excluding hydrogens is 312 g/mol. The molecule has 4 nitrogen and oxygen atoms in total. The molecule has 0 bridgehead atoms. The Kier molecular flexibility index (Phi) is 5.81. The average Bonchev–Trinajstić information content (AvgIpc) is 2.22. The van der Waals surface area contributed by atoms with E-state index in [2.05, 4.69) is 0 Å². The fourth-order valence-corrected chi connectivity index (χ4v) is 6.67. The number of rotatable bonds is 7. The molecule has 0 aliphatic heterocycles. The zero-order valence-corrected chi connectivity index (χ0v) is 16.6. The summed E-state index contributed by atoms with van der Waals surface area (Å²) in [5.41, 5.74) is 0.324. The smallest absolute Gasteiger partial charge is 0.331 e. The molecule has 22 heavy (non-hydrogen) atoms. The van der Waals surface area contributed by atoms with Crippen LogP contribution in [0.4, 0.5) is 0 Å². The van der Waals surface area contributed by atoms with Crippen LogP contribution in [0.25, 0.3) is 0 Å². The fourth-order valence-electron chi connectivity index (χ4n) is 3.19. The van der Waals surface area contributed by atoms with Crippen molar-refractivity contribution in [3.8, 4) is 0 Å². The molecule has 0 amide bonds.